The van der Waals surface area contributed by atoms with Crippen LogP contribution in [-0.2, 0) is 5.41 Å². The summed E-state index contributed by atoms with van der Waals surface area (Å²) >= 11 is 1.33. The largest absolute Gasteiger partial charge is 0.389 e. The third-order valence-electron chi connectivity index (χ3n) is 3.03. The summed E-state index contributed by atoms with van der Waals surface area (Å²) < 4.78 is 0. The molecule has 2 aromatic rings. The normalized spacial score (nSPS) is 11.8. The van der Waals surface area contributed by atoms with Gasteiger partial charge in [-0.15, -0.1) is 0 Å². The van der Waals surface area contributed by atoms with E-state index in [0.717, 1.165) is 11.3 Å². The van der Waals surface area contributed by atoms with Gasteiger partial charge in [-0.3, -0.25) is 0 Å². The van der Waals surface area contributed by atoms with Crippen molar-refractivity contribution in [2.24, 2.45) is 0 Å². The molecule has 0 unspecified atom stereocenters. The van der Waals surface area contributed by atoms with Gasteiger partial charge in [-0.05, 0) is 29.5 Å². The summed E-state index contributed by atoms with van der Waals surface area (Å²) in [7, 11) is 0. The minimum Gasteiger partial charge on any atom is -0.389 e. The van der Waals surface area contributed by atoms with Crippen molar-refractivity contribution in [3.63, 3.8) is 0 Å². The highest BCUT2D eigenvalue weighted by atomic mass is 32.1. The lowest BCUT2D eigenvalue weighted by Gasteiger charge is -2.20. The summed E-state index contributed by atoms with van der Waals surface area (Å²) in [6, 6.07) is 6.44. The van der Waals surface area contributed by atoms with Crippen molar-refractivity contribution in [2.45, 2.75) is 33.1 Å². The van der Waals surface area contributed by atoms with E-state index in [9.17, 15) is 0 Å². The molecule has 0 aliphatic rings. The van der Waals surface area contributed by atoms with Crippen LogP contribution in [0, 0.1) is 6.92 Å². The number of hydrogen-bond donors (Lipinski definition) is 2. The van der Waals surface area contributed by atoms with E-state index < -0.39 is 0 Å². The van der Waals surface area contributed by atoms with Gasteiger partial charge in [0.2, 0.25) is 0 Å². The van der Waals surface area contributed by atoms with E-state index in [1.54, 1.807) is 0 Å². The molecule has 0 spiro atoms. The standard InChI is InChI=1S/C14H19N3S/c1-8-5-6-9(14(2,3)4)7-10(8)11-12(15)18-13(16)17-11/h5-7H,15H2,1-4H3,(H2,16,17). The molecule has 2 rings (SSSR count). The zero-order valence-corrected chi connectivity index (χ0v) is 12.1. The number of nitrogen functional groups attached to an aromatic ring is 2. The maximum Gasteiger partial charge on any atom is 0.182 e. The molecule has 0 atom stereocenters. The van der Waals surface area contributed by atoms with Crippen molar-refractivity contribution in [2.75, 3.05) is 11.5 Å². The Hall–Kier alpha value is -1.55. The van der Waals surface area contributed by atoms with Crippen molar-refractivity contribution in [1.82, 2.24) is 4.98 Å². The Labute approximate surface area is 112 Å². The van der Waals surface area contributed by atoms with Gasteiger partial charge in [0, 0.05) is 5.56 Å². The third kappa shape index (κ3) is 2.34. The van der Waals surface area contributed by atoms with Crippen LogP contribution in [0.15, 0.2) is 18.2 Å². The number of rotatable bonds is 1. The van der Waals surface area contributed by atoms with Crippen LogP contribution in [0.3, 0.4) is 0 Å². The molecule has 1 heterocycles. The fourth-order valence-electron chi connectivity index (χ4n) is 1.89. The van der Waals surface area contributed by atoms with E-state index in [0.29, 0.717) is 10.1 Å². The number of nitrogens with zero attached hydrogens (tertiary/aromatic N) is 1. The van der Waals surface area contributed by atoms with Crippen molar-refractivity contribution in [3.05, 3.63) is 29.3 Å². The molecule has 0 aliphatic heterocycles. The monoisotopic (exact) mass is 261 g/mol. The molecule has 0 saturated carbocycles. The lowest BCUT2D eigenvalue weighted by atomic mass is 9.85. The summed E-state index contributed by atoms with van der Waals surface area (Å²) in [5.74, 6) is 0. The highest BCUT2D eigenvalue weighted by Crippen LogP contribution is 2.36. The second-order valence-electron chi connectivity index (χ2n) is 5.54. The molecule has 0 bridgehead atoms. The molecule has 0 radical (unpaired) electrons. The van der Waals surface area contributed by atoms with Gasteiger partial charge in [0.25, 0.3) is 0 Å². The van der Waals surface area contributed by atoms with Crippen LogP contribution in [-0.4, -0.2) is 4.98 Å². The van der Waals surface area contributed by atoms with E-state index in [4.69, 9.17) is 11.5 Å². The van der Waals surface area contributed by atoms with E-state index in [-0.39, 0.29) is 5.41 Å². The van der Waals surface area contributed by atoms with E-state index >= 15 is 0 Å². The Morgan fingerprint density at radius 3 is 2.33 bits per heavy atom. The van der Waals surface area contributed by atoms with Gasteiger partial charge in [0.15, 0.2) is 5.13 Å². The molecule has 96 valence electrons. The number of aromatic nitrogens is 1. The van der Waals surface area contributed by atoms with Crippen molar-refractivity contribution >= 4 is 21.5 Å². The van der Waals surface area contributed by atoms with Gasteiger partial charge in [-0.2, -0.15) is 0 Å². The molecule has 3 nitrogen and oxygen atoms in total. The first-order valence-corrected chi connectivity index (χ1v) is 6.74. The second-order valence-corrected chi connectivity index (χ2v) is 6.61. The summed E-state index contributed by atoms with van der Waals surface area (Å²) in [5, 5.41) is 1.20. The number of thiazole rings is 1. The second kappa shape index (κ2) is 4.28. The van der Waals surface area contributed by atoms with Crippen molar-refractivity contribution in [3.8, 4) is 11.3 Å². The summed E-state index contributed by atoms with van der Waals surface area (Å²) in [4.78, 5) is 4.34. The van der Waals surface area contributed by atoms with Crippen LogP contribution in [0.5, 0.6) is 0 Å². The number of anilines is 2. The van der Waals surface area contributed by atoms with Gasteiger partial charge in [-0.1, -0.05) is 44.2 Å². The smallest absolute Gasteiger partial charge is 0.182 e. The molecule has 1 aromatic carbocycles. The SMILES string of the molecule is Cc1ccc(C(C)(C)C)cc1-c1nc(N)sc1N. The highest BCUT2D eigenvalue weighted by molar-refractivity contribution is 7.19. The first kappa shape index (κ1) is 12.9. The molecule has 0 aliphatic carbocycles. The Balaban J connectivity index is 2.60. The lowest BCUT2D eigenvalue weighted by Crippen LogP contribution is -2.11. The minimum atomic E-state index is 0.110. The van der Waals surface area contributed by atoms with Crippen LogP contribution in [0.2, 0.25) is 0 Å². The predicted molar refractivity (Wildman–Crippen MR) is 79.8 cm³/mol. The Bertz CT molecular complexity index is 579. The zero-order valence-electron chi connectivity index (χ0n) is 11.2. The average molecular weight is 261 g/mol. The molecule has 4 heteroatoms. The fourth-order valence-corrected chi connectivity index (χ4v) is 2.50. The molecule has 0 amide bonds. The summed E-state index contributed by atoms with van der Waals surface area (Å²) in [5.41, 5.74) is 16.1. The molecule has 1 aromatic heterocycles. The van der Waals surface area contributed by atoms with E-state index in [1.165, 1.54) is 22.5 Å². The molecule has 18 heavy (non-hydrogen) atoms. The first-order valence-electron chi connectivity index (χ1n) is 5.92. The van der Waals surface area contributed by atoms with Gasteiger partial charge in [0.1, 0.15) is 10.7 Å². The van der Waals surface area contributed by atoms with Crippen molar-refractivity contribution in [1.29, 1.82) is 0 Å². The highest BCUT2D eigenvalue weighted by Gasteiger charge is 2.17. The maximum atomic E-state index is 5.98. The van der Waals surface area contributed by atoms with Crippen LogP contribution >= 0.6 is 11.3 Å². The number of benzene rings is 1. The van der Waals surface area contributed by atoms with Crippen LogP contribution < -0.4 is 11.5 Å². The topological polar surface area (TPSA) is 64.9 Å². The van der Waals surface area contributed by atoms with Crippen LogP contribution in [0.25, 0.3) is 11.3 Å². The van der Waals surface area contributed by atoms with Crippen LogP contribution in [0.4, 0.5) is 10.1 Å². The average Bonchev–Trinajstić information content (AvgIpc) is 2.56. The Morgan fingerprint density at radius 1 is 1.17 bits per heavy atom. The number of aryl methyl sites for hydroxylation is 1. The molecule has 0 saturated heterocycles. The lowest BCUT2D eigenvalue weighted by molar-refractivity contribution is 0.590. The van der Waals surface area contributed by atoms with Gasteiger partial charge < -0.3 is 11.5 Å². The Kier molecular flexibility index (Phi) is 3.07. The van der Waals surface area contributed by atoms with Gasteiger partial charge >= 0.3 is 0 Å². The van der Waals surface area contributed by atoms with Gasteiger partial charge in [-0.25, -0.2) is 4.98 Å². The van der Waals surface area contributed by atoms with E-state index in [2.05, 4.69) is 50.9 Å². The molecular formula is C14H19N3S. The maximum absolute atomic E-state index is 5.98. The summed E-state index contributed by atoms with van der Waals surface area (Å²) in [6.45, 7) is 8.65. The first-order chi connectivity index (χ1) is 8.29. The minimum absolute atomic E-state index is 0.110. The fraction of sp³-hybridized carbons (Fsp3) is 0.357. The third-order valence-corrected chi connectivity index (χ3v) is 3.74. The molecule has 0 fully saturated rings. The Morgan fingerprint density at radius 2 is 1.83 bits per heavy atom. The summed E-state index contributed by atoms with van der Waals surface area (Å²) in [6.07, 6.45) is 0. The molecular weight excluding hydrogens is 242 g/mol. The zero-order chi connectivity index (χ0) is 13.5. The number of hydrogen-bond acceptors (Lipinski definition) is 4. The van der Waals surface area contributed by atoms with Crippen molar-refractivity contribution < 1.29 is 0 Å². The quantitative estimate of drug-likeness (QED) is 0.824. The number of nitrogens with two attached hydrogens (primary N) is 2. The predicted octanol–water partition coefficient (Wildman–Crippen LogP) is 3.58. The van der Waals surface area contributed by atoms with Gasteiger partial charge in [0.05, 0.1) is 0 Å². The molecule has 4 N–H and O–H groups in total. The van der Waals surface area contributed by atoms with E-state index in [1.807, 2.05) is 0 Å². The van der Waals surface area contributed by atoms with Crippen LogP contribution in [0.1, 0.15) is 31.9 Å².